The van der Waals surface area contributed by atoms with Crippen molar-refractivity contribution in [3.05, 3.63) is 0 Å². The molecule has 7 heavy (non-hydrogen) atoms. The Balaban J connectivity index is 2.68. The molecule has 0 spiro atoms. The molecule has 3 N–H and O–H groups in total. The second-order valence-electron chi connectivity index (χ2n) is 0.825. The quantitative estimate of drug-likeness (QED) is 0.445. The summed E-state index contributed by atoms with van der Waals surface area (Å²) in [6.45, 7) is 0.320. The molecule has 0 saturated carbocycles. The van der Waals surface area contributed by atoms with E-state index in [-0.39, 0.29) is 0 Å². The van der Waals surface area contributed by atoms with E-state index in [1.54, 1.807) is 0 Å². The summed E-state index contributed by atoms with van der Waals surface area (Å²) in [7, 11) is -1.69. The molecule has 0 saturated heterocycles. The first kappa shape index (κ1) is 7.60. The van der Waals surface area contributed by atoms with Crippen LogP contribution in [0.25, 0.3) is 0 Å². The van der Waals surface area contributed by atoms with Gasteiger partial charge in [0, 0.05) is 5.88 Å². The van der Waals surface area contributed by atoms with Crippen LogP contribution in [0.2, 0.25) is 0 Å². The number of alkyl halides is 1. The molecule has 0 aromatic heterocycles. The number of hydrogen-bond donors (Lipinski definition) is 2. The van der Waals surface area contributed by atoms with Gasteiger partial charge in [-0.2, -0.15) is 0 Å². The van der Waals surface area contributed by atoms with Gasteiger partial charge >= 0.3 is 0 Å². The van der Waals surface area contributed by atoms with E-state index < -0.39 is 8.53 Å². The molecular weight excluding hydrogens is 136 g/mol. The molecule has 0 heterocycles. The molecule has 5 heteroatoms. The summed E-state index contributed by atoms with van der Waals surface area (Å²) in [6.07, 6.45) is 0. The van der Waals surface area contributed by atoms with Gasteiger partial charge in [-0.15, -0.1) is 11.6 Å². The number of nitrogens with two attached hydrogens (primary N) is 1. The molecule has 0 aliphatic rings. The van der Waals surface area contributed by atoms with Crippen molar-refractivity contribution in [2.45, 2.75) is 0 Å². The Labute approximate surface area is 48.4 Å². The van der Waals surface area contributed by atoms with E-state index in [1.165, 1.54) is 0 Å². The topological polar surface area (TPSA) is 55.5 Å². The van der Waals surface area contributed by atoms with Crippen molar-refractivity contribution in [2.75, 3.05) is 12.5 Å². The summed E-state index contributed by atoms with van der Waals surface area (Å²) in [5.74, 6) is 0.372. The first-order valence-corrected chi connectivity index (χ1v) is 3.51. The molecule has 1 unspecified atom stereocenters. The van der Waals surface area contributed by atoms with Gasteiger partial charge in [-0.3, -0.25) is 5.50 Å². The summed E-state index contributed by atoms with van der Waals surface area (Å²) in [6, 6.07) is 0. The highest BCUT2D eigenvalue weighted by molar-refractivity contribution is 7.43. The van der Waals surface area contributed by atoms with E-state index in [0.717, 1.165) is 0 Å². The van der Waals surface area contributed by atoms with Gasteiger partial charge in [-0.1, -0.05) is 0 Å². The molecule has 1 atom stereocenters. The van der Waals surface area contributed by atoms with Crippen LogP contribution in [0, 0.1) is 0 Å². The molecular formula is C2H7ClNO2P. The molecule has 0 fully saturated rings. The Kier molecular flexibility index (Phi) is 5.16. The minimum Gasteiger partial charge on any atom is -0.338 e. The van der Waals surface area contributed by atoms with Crippen LogP contribution in [-0.4, -0.2) is 17.4 Å². The van der Waals surface area contributed by atoms with Gasteiger partial charge in [-0.05, 0) is 0 Å². The zero-order valence-electron chi connectivity index (χ0n) is 3.67. The molecule has 3 nitrogen and oxygen atoms in total. The molecule has 0 aromatic carbocycles. The third kappa shape index (κ3) is 6.60. The molecule has 0 aromatic rings. The largest absolute Gasteiger partial charge is 0.338 e. The normalized spacial score (nSPS) is 14.1. The van der Waals surface area contributed by atoms with Crippen LogP contribution in [0.1, 0.15) is 0 Å². The third-order valence-corrected chi connectivity index (χ3v) is 0.902. The van der Waals surface area contributed by atoms with Crippen molar-refractivity contribution >= 4 is 20.1 Å². The smallest absolute Gasteiger partial charge is 0.250 e. The Morgan fingerprint density at radius 3 is 2.57 bits per heavy atom. The Bertz CT molecular complexity index is 44.7. The van der Waals surface area contributed by atoms with E-state index in [4.69, 9.17) is 22.0 Å². The fourth-order valence-electron chi connectivity index (χ4n) is 0.128. The maximum Gasteiger partial charge on any atom is 0.250 e. The van der Waals surface area contributed by atoms with Crippen molar-refractivity contribution in [3.8, 4) is 0 Å². The van der Waals surface area contributed by atoms with E-state index >= 15 is 0 Å². The minimum atomic E-state index is -1.69. The summed E-state index contributed by atoms with van der Waals surface area (Å²) < 4.78 is 4.46. The number of halogens is 1. The Morgan fingerprint density at radius 2 is 2.43 bits per heavy atom. The van der Waals surface area contributed by atoms with Crippen LogP contribution in [0.3, 0.4) is 0 Å². The minimum absolute atomic E-state index is 0.320. The average Bonchev–Trinajstić information content (AvgIpc) is 1.61. The maximum atomic E-state index is 8.25. The monoisotopic (exact) mass is 143 g/mol. The van der Waals surface area contributed by atoms with Gasteiger partial charge < -0.3 is 9.42 Å². The predicted octanol–water partition coefficient (Wildman–Crippen LogP) is 0.420. The van der Waals surface area contributed by atoms with Crippen LogP contribution >= 0.6 is 20.1 Å². The zero-order chi connectivity index (χ0) is 5.70. The van der Waals surface area contributed by atoms with Gasteiger partial charge in [0.2, 0.25) is 8.53 Å². The lowest BCUT2D eigenvalue weighted by Crippen LogP contribution is -1.95. The molecule has 0 aliphatic heterocycles. The highest BCUT2D eigenvalue weighted by Crippen LogP contribution is 2.18. The molecule has 0 amide bonds. The molecule has 0 aliphatic carbocycles. The van der Waals surface area contributed by atoms with Crippen LogP contribution < -0.4 is 5.50 Å². The fraction of sp³-hybridized carbons (Fsp3) is 1.00. The van der Waals surface area contributed by atoms with E-state index in [0.29, 0.717) is 12.5 Å². The zero-order valence-corrected chi connectivity index (χ0v) is 5.32. The molecule has 0 radical (unpaired) electrons. The van der Waals surface area contributed by atoms with Crippen LogP contribution in [0.5, 0.6) is 0 Å². The predicted molar refractivity (Wildman–Crippen MR) is 30.0 cm³/mol. The number of rotatable bonds is 3. The Hall–Kier alpha value is 0.600. The second kappa shape index (κ2) is 4.75. The van der Waals surface area contributed by atoms with Gasteiger partial charge in [0.15, 0.2) is 0 Å². The average molecular weight is 144 g/mol. The summed E-state index contributed by atoms with van der Waals surface area (Å²) >= 11 is 5.16. The standard InChI is InChI=1S/C2H7ClNO2P/c3-1-2-6-7(4)5/h5H,1-2,4H2. The highest BCUT2D eigenvalue weighted by atomic mass is 35.5. The van der Waals surface area contributed by atoms with E-state index in [9.17, 15) is 0 Å². The lowest BCUT2D eigenvalue weighted by Gasteiger charge is -1.99. The highest BCUT2D eigenvalue weighted by Gasteiger charge is 1.91. The van der Waals surface area contributed by atoms with Crippen LogP contribution in [0.4, 0.5) is 0 Å². The van der Waals surface area contributed by atoms with Crippen molar-refractivity contribution in [2.24, 2.45) is 5.50 Å². The molecule has 0 bridgehead atoms. The first-order valence-electron chi connectivity index (χ1n) is 1.70. The summed E-state index contributed by atoms with van der Waals surface area (Å²) in [4.78, 5) is 8.25. The van der Waals surface area contributed by atoms with Crippen molar-refractivity contribution in [3.63, 3.8) is 0 Å². The van der Waals surface area contributed by atoms with Gasteiger partial charge in [0.05, 0.1) is 6.61 Å². The van der Waals surface area contributed by atoms with Crippen LogP contribution in [-0.2, 0) is 4.52 Å². The fourth-order valence-corrected chi connectivity index (χ4v) is 0.591. The second-order valence-corrected chi connectivity index (χ2v) is 2.07. The van der Waals surface area contributed by atoms with Gasteiger partial charge in [0.1, 0.15) is 0 Å². The van der Waals surface area contributed by atoms with Gasteiger partial charge in [-0.25, -0.2) is 0 Å². The van der Waals surface area contributed by atoms with E-state index in [2.05, 4.69) is 4.52 Å². The van der Waals surface area contributed by atoms with Gasteiger partial charge in [0.25, 0.3) is 0 Å². The molecule has 44 valence electrons. The SMILES string of the molecule is NP(O)OCCCl. The third-order valence-electron chi connectivity index (χ3n) is 0.301. The maximum absolute atomic E-state index is 8.25. The van der Waals surface area contributed by atoms with E-state index in [1.807, 2.05) is 0 Å². The summed E-state index contributed by atoms with van der Waals surface area (Å²) in [5.41, 5.74) is 4.82. The lowest BCUT2D eigenvalue weighted by atomic mass is 10.9. The number of hydrogen-bond acceptors (Lipinski definition) is 3. The lowest BCUT2D eigenvalue weighted by molar-refractivity contribution is 0.332. The molecule has 0 rings (SSSR count). The van der Waals surface area contributed by atoms with Crippen molar-refractivity contribution < 1.29 is 9.42 Å². The van der Waals surface area contributed by atoms with Crippen LogP contribution in [0.15, 0.2) is 0 Å². The van der Waals surface area contributed by atoms with Crippen molar-refractivity contribution in [1.29, 1.82) is 0 Å². The first-order chi connectivity index (χ1) is 3.27. The summed E-state index contributed by atoms with van der Waals surface area (Å²) in [5, 5.41) is 0. The Morgan fingerprint density at radius 1 is 1.86 bits per heavy atom. The van der Waals surface area contributed by atoms with Crippen molar-refractivity contribution in [1.82, 2.24) is 0 Å².